The summed E-state index contributed by atoms with van der Waals surface area (Å²) in [4.78, 5) is 25.8. The Morgan fingerprint density at radius 1 is 1.14 bits per heavy atom. The molecule has 2 aliphatic rings. The second-order valence-electron chi connectivity index (χ2n) is 7.33. The largest absolute Gasteiger partial charge is 0.493 e. The average Bonchev–Trinajstić information content (AvgIpc) is 2.65. The number of esters is 1. The SMILES string of the molecule is COc1ccc(C2C(C(=O)OC(C)C)=C(C)NC3=C2C(=O)CCC3)cc1OC. The van der Waals surface area contributed by atoms with E-state index in [0.717, 1.165) is 29.8 Å². The zero-order valence-corrected chi connectivity index (χ0v) is 17.0. The quantitative estimate of drug-likeness (QED) is 0.781. The van der Waals surface area contributed by atoms with E-state index < -0.39 is 11.9 Å². The van der Waals surface area contributed by atoms with Crippen molar-refractivity contribution in [2.75, 3.05) is 14.2 Å². The fourth-order valence-corrected chi connectivity index (χ4v) is 3.90. The van der Waals surface area contributed by atoms with E-state index in [4.69, 9.17) is 14.2 Å². The molecular formula is C22H27NO5. The van der Waals surface area contributed by atoms with Gasteiger partial charge in [-0.2, -0.15) is 0 Å². The number of allylic oxidation sites excluding steroid dienone is 3. The Labute approximate surface area is 165 Å². The maximum atomic E-state index is 13.0. The summed E-state index contributed by atoms with van der Waals surface area (Å²) < 4.78 is 16.3. The number of methoxy groups -OCH3 is 2. The summed E-state index contributed by atoms with van der Waals surface area (Å²) in [7, 11) is 3.14. The Hall–Kier alpha value is -2.76. The number of ketones is 1. The van der Waals surface area contributed by atoms with E-state index >= 15 is 0 Å². The number of hydrogen-bond donors (Lipinski definition) is 1. The number of carbonyl (C=O) groups excluding carboxylic acids is 2. The van der Waals surface area contributed by atoms with Crippen LogP contribution in [0.3, 0.4) is 0 Å². The second kappa shape index (κ2) is 8.09. The van der Waals surface area contributed by atoms with Crippen LogP contribution in [0.1, 0.15) is 51.5 Å². The minimum absolute atomic E-state index is 0.0656. The van der Waals surface area contributed by atoms with Gasteiger partial charge in [0.1, 0.15) is 0 Å². The van der Waals surface area contributed by atoms with Crippen molar-refractivity contribution in [2.24, 2.45) is 0 Å². The molecule has 0 spiro atoms. The molecule has 1 aliphatic heterocycles. The number of dihydropyridines is 1. The fourth-order valence-electron chi connectivity index (χ4n) is 3.90. The lowest BCUT2D eigenvalue weighted by atomic mass is 9.75. The van der Waals surface area contributed by atoms with Gasteiger partial charge in [-0.05, 0) is 51.3 Å². The molecule has 150 valence electrons. The third kappa shape index (κ3) is 3.63. The first-order chi connectivity index (χ1) is 13.4. The number of rotatable bonds is 5. The zero-order valence-electron chi connectivity index (χ0n) is 17.0. The van der Waals surface area contributed by atoms with Gasteiger partial charge in [0, 0.05) is 29.3 Å². The van der Waals surface area contributed by atoms with Gasteiger partial charge in [-0.15, -0.1) is 0 Å². The lowest BCUT2D eigenvalue weighted by Gasteiger charge is -2.34. The lowest BCUT2D eigenvalue weighted by molar-refractivity contribution is -0.143. The molecule has 6 nitrogen and oxygen atoms in total. The van der Waals surface area contributed by atoms with Crippen molar-refractivity contribution >= 4 is 11.8 Å². The van der Waals surface area contributed by atoms with Crippen LogP contribution in [0.4, 0.5) is 0 Å². The molecule has 1 aromatic rings. The van der Waals surface area contributed by atoms with Crippen LogP contribution in [0.25, 0.3) is 0 Å². The molecule has 1 N–H and O–H groups in total. The van der Waals surface area contributed by atoms with Crippen LogP contribution in [-0.4, -0.2) is 32.1 Å². The molecule has 0 saturated heterocycles. The van der Waals surface area contributed by atoms with Gasteiger partial charge in [0.05, 0.1) is 25.9 Å². The number of hydrogen-bond acceptors (Lipinski definition) is 6. The molecule has 0 saturated carbocycles. The Balaban J connectivity index is 2.17. The van der Waals surface area contributed by atoms with Crippen molar-refractivity contribution in [2.45, 2.75) is 52.1 Å². The molecule has 3 rings (SSSR count). The third-order valence-electron chi connectivity index (χ3n) is 5.08. The van der Waals surface area contributed by atoms with Crippen molar-refractivity contribution in [1.82, 2.24) is 5.32 Å². The van der Waals surface area contributed by atoms with Crippen molar-refractivity contribution in [3.8, 4) is 11.5 Å². The monoisotopic (exact) mass is 385 g/mol. The van der Waals surface area contributed by atoms with E-state index in [0.29, 0.717) is 29.1 Å². The minimum Gasteiger partial charge on any atom is -0.493 e. The molecule has 1 aromatic carbocycles. The Morgan fingerprint density at radius 2 is 1.86 bits per heavy atom. The first kappa shape index (κ1) is 20.0. The van der Waals surface area contributed by atoms with Crippen LogP contribution in [0.2, 0.25) is 0 Å². The molecule has 0 radical (unpaired) electrons. The number of nitrogens with one attached hydrogen (secondary N) is 1. The summed E-state index contributed by atoms with van der Waals surface area (Å²) in [5.74, 6) is 0.310. The summed E-state index contributed by atoms with van der Waals surface area (Å²) in [5, 5.41) is 3.29. The molecule has 0 fully saturated rings. The van der Waals surface area contributed by atoms with Gasteiger partial charge in [-0.1, -0.05) is 6.07 Å². The molecule has 1 unspecified atom stereocenters. The normalized spacial score (nSPS) is 19.4. The first-order valence-corrected chi connectivity index (χ1v) is 9.54. The maximum Gasteiger partial charge on any atom is 0.337 e. The average molecular weight is 385 g/mol. The third-order valence-corrected chi connectivity index (χ3v) is 5.08. The van der Waals surface area contributed by atoms with E-state index in [1.54, 1.807) is 20.3 Å². The summed E-state index contributed by atoms with van der Waals surface area (Å²) in [6.07, 6.45) is 1.82. The van der Waals surface area contributed by atoms with Crippen molar-refractivity contribution in [1.29, 1.82) is 0 Å². The highest BCUT2D eigenvalue weighted by Gasteiger charge is 2.39. The molecule has 6 heteroatoms. The summed E-state index contributed by atoms with van der Waals surface area (Å²) in [6.45, 7) is 5.48. The fraction of sp³-hybridized carbons (Fsp3) is 0.455. The van der Waals surface area contributed by atoms with Gasteiger partial charge in [-0.25, -0.2) is 4.79 Å². The van der Waals surface area contributed by atoms with Crippen molar-refractivity contribution in [3.05, 3.63) is 46.3 Å². The Kier molecular flexibility index (Phi) is 5.77. The van der Waals surface area contributed by atoms with Crippen LogP contribution in [0.15, 0.2) is 40.7 Å². The van der Waals surface area contributed by atoms with Crippen molar-refractivity contribution in [3.63, 3.8) is 0 Å². The minimum atomic E-state index is -0.491. The molecule has 1 heterocycles. The standard InChI is InChI=1S/C22H27NO5/c1-12(2)28-22(25)19-13(3)23-15-7-6-8-16(24)21(15)20(19)14-9-10-17(26-4)18(11-14)27-5/h9-12,20,23H,6-8H2,1-5H3. The van der Waals surface area contributed by atoms with Crippen LogP contribution < -0.4 is 14.8 Å². The van der Waals surface area contributed by atoms with Gasteiger partial charge in [0.2, 0.25) is 0 Å². The first-order valence-electron chi connectivity index (χ1n) is 9.54. The van der Waals surface area contributed by atoms with Crippen LogP contribution in [0, 0.1) is 0 Å². The highest BCUT2D eigenvalue weighted by atomic mass is 16.5. The molecule has 0 amide bonds. The van der Waals surface area contributed by atoms with Gasteiger partial charge in [0.15, 0.2) is 17.3 Å². The van der Waals surface area contributed by atoms with Gasteiger partial charge >= 0.3 is 5.97 Å². The predicted octanol–water partition coefficient (Wildman–Crippen LogP) is 3.62. The highest BCUT2D eigenvalue weighted by molar-refractivity contribution is 6.03. The lowest BCUT2D eigenvalue weighted by Crippen LogP contribution is -2.35. The molecule has 28 heavy (non-hydrogen) atoms. The highest BCUT2D eigenvalue weighted by Crippen LogP contribution is 2.44. The Morgan fingerprint density at radius 3 is 2.50 bits per heavy atom. The smallest absolute Gasteiger partial charge is 0.337 e. The number of carbonyl (C=O) groups is 2. The van der Waals surface area contributed by atoms with Crippen molar-refractivity contribution < 1.29 is 23.8 Å². The van der Waals surface area contributed by atoms with E-state index in [9.17, 15) is 9.59 Å². The van der Waals surface area contributed by atoms with E-state index in [2.05, 4.69) is 5.32 Å². The summed E-state index contributed by atoms with van der Waals surface area (Å²) in [5.41, 5.74) is 3.54. The number of Topliss-reactive ketones (excluding diaryl/α,β-unsaturated/α-hetero) is 1. The molecule has 1 atom stereocenters. The zero-order chi connectivity index (χ0) is 20.4. The molecular weight excluding hydrogens is 358 g/mol. The maximum absolute atomic E-state index is 13.0. The second-order valence-corrected chi connectivity index (χ2v) is 7.33. The number of benzene rings is 1. The van der Waals surface area contributed by atoms with Gasteiger partial charge in [-0.3, -0.25) is 4.79 Å². The van der Waals surface area contributed by atoms with E-state index in [-0.39, 0.29) is 11.9 Å². The van der Waals surface area contributed by atoms with E-state index in [1.807, 2.05) is 32.9 Å². The molecule has 1 aliphatic carbocycles. The van der Waals surface area contributed by atoms with Crippen LogP contribution in [-0.2, 0) is 14.3 Å². The summed E-state index contributed by atoms with van der Waals surface area (Å²) in [6, 6.07) is 5.50. The molecule has 0 bridgehead atoms. The number of ether oxygens (including phenoxy) is 3. The van der Waals surface area contributed by atoms with Gasteiger partial charge < -0.3 is 19.5 Å². The van der Waals surface area contributed by atoms with Crippen LogP contribution in [0.5, 0.6) is 11.5 Å². The summed E-state index contributed by atoms with van der Waals surface area (Å²) >= 11 is 0. The predicted molar refractivity (Wildman–Crippen MR) is 105 cm³/mol. The van der Waals surface area contributed by atoms with Crippen LogP contribution >= 0.6 is 0 Å². The topological polar surface area (TPSA) is 73.9 Å². The Bertz CT molecular complexity index is 866. The molecule has 0 aromatic heterocycles. The van der Waals surface area contributed by atoms with Gasteiger partial charge in [0.25, 0.3) is 0 Å². The van der Waals surface area contributed by atoms with E-state index in [1.165, 1.54) is 0 Å².